The van der Waals surface area contributed by atoms with E-state index in [9.17, 15) is 14.4 Å². The number of hydrogen-bond acceptors (Lipinski definition) is 6. The van der Waals surface area contributed by atoms with E-state index in [1.54, 1.807) is 41.8 Å². The molecule has 0 bridgehead atoms. The Bertz CT molecular complexity index is 1510. The number of methoxy groups -OCH3 is 2. The van der Waals surface area contributed by atoms with Crippen LogP contribution in [0.1, 0.15) is 42.0 Å². The summed E-state index contributed by atoms with van der Waals surface area (Å²) in [5, 5.41) is 9.24. The lowest BCUT2D eigenvalue weighted by atomic mass is 9.98. The van der Waals surface area contributed by atoms with Crippen LogP contribution >= 0.6 is 11.3 Å². The first kappa shape index (κ1) is 28.6. The van der Waals surface area contributed by atoms with E-state index in [1.165, 1.54) is 30.5 Å². The number of nitrogens with zero attached hydrogens (tertiary/aromatic N) is 1. The molecule has 0 spiro atoms. The lowest BCUT2D eigenvalue weighted by molar-refractivity contribution is -0.127. The van der Waals surface area contributed by atoms with Crippen LogP contribution in [0.5, 0.6) is 11.5 Å². The molecule has 0 saturated carbocycles. The molecule has 0 fully saturated rings. The van der Waals surface area contributed by atoms with Gasteiger partial charge in [-0.2, -0.15) is 0 Å². The molecule has 2 N–H and O–H groups in total. The van der Waals surface area contributed by atoms with Crippen molar-refractivity contribution in [3.63, 3.8) is 0 Å². The summed E-state index contributed by atoms with van der Waals surface area (Å²) in [5.74, 6) is -0.281. The van der Waals surface area contributed by atoms with Crippen LogP contribution in [0, 0.1) is 0 Å². The highest BCUT2D eigenvalue weighted by Crippen LogP contribution is 2.37. The molecule has 0 aliphatic heterocycles. The largest absolute Gasteiger partial charge is 0.493 e. The van der Waals surface area contributed by atoms with Crippen molar-refractivity contribution in [3.05, 3.63) is 88.6 Å². The molecule has 0 aliphatic rings. The molecule has 4 rings (SSSR count). The summed E-state index contributed by atoms with van der Waals surface area (Å²) in [6.07, 6.45) is 0. The minimum Gasteiger partial charge on any atom is -0.493 e. The van der Waals surface area contributed by atoms with Gasteiger partial charge >= 0.3 is 0 Å². The zero-order valence-corrected chi connectivity index (χ0v) is 24.0. The molecule has 0 aliphatic carbocycles. The highest BCUT2D eigenvalue weighted by molar-refractivity contribution is 7.12. The number of carbonyl (C=O) groups excluding carboxylic acids is 3. The highest BCUT2D eigenvalue weighted by Gasteiger charge is 2.36. The van der Waals surface area contributed by atoms with Crippen molar-refractivity contribution in [1.29, 1.82) is 0 Å². The minimum atomic E-state index is -1.09. The molecule has 8 nitrogen and oxygen atoms in total. The lowest BCUT2D eigenvalue weighted by Crippen LogP contribution is -2.51. The van der Waals surface area contributed by atoms with E-state index in [4.69, 9.17) is 9.47 Å². The number of carbonyl (C=O) groups is 3. The third-order valence-electron chi connectivity index (χ3n) is 6.17. The summed E-state index contributed by atoms with van der Waals surface area (Å²) in [4.78, 5) is 42.8. The summed E-state index contributed by atoms with van der Waals surface area (Å²) < 4.78 is 10.9. The number of nitrogens with one attached hydrogen (secondary N) is 2. The molecular weight excluding hydrogens is 526 g/mol. The number of anilines is 1. The SMILES string of the molecule is COc1ccc([C@H](C(=O)NC(C)(C)C)N(C(=O)CNC(=O)c2cccs2)c2cccc3ccccc23)cc1OC. The summed E-state index contributed by atoms with van der Waals surface area (Å²) in [6.45, 7) is 5.32. The fraction of sp³-hybridized carbons (Fsp3) is 0.258. The smallest absolute Gasteiger partial charge is 0.261 e. The van der Waals surface area contributed by atoms with Crippen LogP contribution in [-0.4, -0.2) is 44.0 Å². The van der Waals surface area contributed by atoms with Gasteiger partial charge in [-0.15, -0.1) is 11.3 Å². The Kier molecular flexibility index (Phi) is 8.74. The first-order valence-electron chi connectivity index (χ1n) is 12.8. The predicted octanol–water partition coefficient (Wildman–Crippen LogP) is 5.34. The molecule has 3 aromatic carbocycles. The fourth-order valence-corrected chi connectivity index (χ4v) is 5.09. The van der Waals surface area contributed by atoms with E-state index < -0.39 is 17.5 Å². The lowest BCUT2D eigenvalue weighted by Gasteiger charge is -2.34. The van der Waals surface area contributed by atoms with Gasteiger partial charge < -0.3 is 20.1 Å². The summed E-state index contributed by atoms with van der Waals surface area (Å²) in [7, 11) is 3.04. The number of benzene rings is 3. The first-order chi connectivity index (χ1) is 19.1. The van der Waals surface area contributed by atoms with Crippen LogP contribution < -0.4 is 25.0 Å². The average Bonchev–Trinajstić information content (AvgIpc) is 3.48. The molecule has 9 heteroatoms. The number of ether oxygens (including phenoxy) is 2. The zero-order valence-electron chi connectivity index (χ0n) is 23.2. The second kappa shape index (κ2) is 12.2. The van der Waals surface area contributed by atoms with Gasteiger partial charge in [0.1, 0.15) is 6.04 Å². The van der Waals surface area contributed by atoms with Crippen LogP contribution in [0.15, 0.2) is 78.2 Å². The van der Waals surface area contributed by atoms with E-state index in [-0.39, 0.29) is 18.4 Å². The maximum absolute atomic E-state index is 14.1. The van der Waals surface area contributed by atoms with Crippen molar-refractivity contribution in [2.75, 3.05) is 25.7 Å². The van der Waals surface area contributed by atoms with Crippen LogP contribution in [0.3, 0.4) is 0 Å². The first-order valence-corrected chi connectivity index (χ1v) is 13.7. The summed E-state index contributed by atoms with van der Waals surface area (Å²) in [6, 6.07) is 20.8. The van der Waals surface area contributed by atoms with Crippen LogP contribution in [-0.2, 0) is 9.59 Å². The minimum absolute atomic E-state index is 0.313. The Balaban J connectivity index is 1.87. The van der Waals surface area contributed by atoms with Gasteiger partial charge in [0.05, 0.1) is 31.3 Å². The molecular formula is C31H33N3O5S. The van der Waals surface area contributed by atoms with Gasteiger partial charge in [-0.1, -0.05) is 48.5 Å². The van der Waals surface area contributed by atoms with E-state index in [0.29, 0.717) is 27.6 Å². The maximum Gasteiger partial charge on any atom is 0.261 e. The van der Waals surface area contributed by atoms with Gasteiger partial charge in [-0.05, 0) is 61.4 Å². The van der Waals surface area contributed by atoms with Gasteiger partial charge in [-0.25, -0.2) is 0 Å². The standard InChI is InChI=1S/C31H33N3O5S/c1-31(2,3)33-30(37)28(21-15-16-24(38-4)25(18-21)39-5)34(23-13-8-11-20-10-6-7-12-22(20)23)27(35)19-32-29(36)26-14-9-17-40-26/h6-18,28H,19H2,1-5H3,(H,32,36)(H,33,37)/t28-/m1/s1. The average molecular weight is 560 g/mol. The maximum atomic E-state index is 14.1. The number of thiophene rings is 1. The Morgan fingerprint density at radius 2 is 1.62 bits per heavy atom. The van der Waals surface area contributed by atoms with E-state index in [2.05, 4.69) is 10.6 Å². The van der Waals surface area contributed by atoms with Crippen LogP contribution in [0.25, 0.3) is 10.8 Å². The number of hydrogen-bond donors (Lipinski definition) is 2. The van der Waals surface area contributed by atoms with Crippen molar-refractivity contribution >= 4 is 45.5 Å². The molecule has 40 heavy (non-hydrogen) atoms. The van der Waals surface area contributed by atoms with E-state index in [1.807, 2.05) is 57.2 Å². The molecule has 0 radical (unpaired) electrons. The van der Waals surface area contributed by atoms with Crippen molar-refractivity contribution in [1.82, 2.24) is 10.6 Å². The normalized spacial score (nSPS) is 11.9. The summed E-state index contributed by atoms with van der Waals surface area (Å²) in [5.41, 5.74) is 0.481. The van der Waals surface area contributed by atoms with Crippen molar-refractivity contribution < 1.29 is 23.9 Å². The van der Waals surface area contributed by atoms with Crippen molar-refractivity contribution in [3.8, 4) is 11.5 Å². The van der Waals surface area contributed by atoms with Gasteiger partial charge in [0.15, 0.2) is 11.5 Å². The van der Waals surface area contributed by atoms with Crippen LogP contribution in [0.4, 0.5) is 5.69 Å². The molecule has 1 heterocycles. The monoisotopic (exact) mass is 559 g/mol. The Hall–Kier alpha value is -4.37. The molecule has 208 valence electrons. The fourth-order valence-electron chi connectivity index (χ4n) is 4.45. The van der Waals surface area contributed by atoms with Crippen molar-refractivity contribution in [2.24, 2.45) is 0 Å². The second-order valence-electron chi connectivity index (χ2n) is 10.2. The van der Waals surface area contributed by atoms with Gasteiger partial charge in [0.25, 0.3) is 5.91 Å². The molecule has 4 aromatic rings. The van der Waals surface area contributed by atoms with Crippen molar-refractivity contribution in [2.45, 2.75) is 32.4 Å². The molecule has 0 saturated heterocycles. The Morgan fingerprint density at radius 1 is 0.900 bits per heavy atom. The topological polar surface area (TPSA) is 97.0 Å². The third-order valence-corrected chi connectivity index (χ3v) is 7.04. The number of rotatable bonds is 9. The van der Waals surface area contributed by atoms with Gasteiger partial charge in [0.2, 0.25) is 11.8 Å². The van der Waals surface area contributed by atoms with Gasteiger partial charge in [0, 0.05) is 10.9 Å². The Labute approximate surface area is 237 Å². The molecule has 3 amide bonds. The van der Waals surface area contributed by atoms with Gasteiger partial charge in [-0.3, -0.25) is 19.3 Å². The second-order valence-corrected chi connectivity index (χ2v) is 11.1. The van der Waals surface area contributed by atoms with E-state index >= 15 is 0 Å². The molecule has 1 atom stereocenters. The Morgan fingerprint density at radius 3 is 2.30 bits per heavy atom. The number of fused-ring (bicyclic) bond motifs is 1. The highest BCUT2D eigenvalue weighted by atomic mass is 32.1. The zero-order chi connectivity index (χ0) is 28.9. The quantitative estimate of drug-likeness (QED) is 0.289. The molecule has 0 unspecified atom stereocenters. The summed E-state index contributed by atoms with van der Waals surface area (Å²) >= 11 is 1.28. The predicted molar refractivity (Wildman–Crippen MR) is 158 cm³/mol. The van der Waals surface area contributed by atoms with Crippen LogP contribution in [0.2, 0.25) is 0 Å². The number of amides is 3. The van der Waals surface area contributed by atoms with E-state index in [0.717, 1.165) is 10.8 Å². The third kappa shape index (κ3) is 6.43. The molecule has 1 aromatic heterocycles.